The van der Waals surface area contributed by atoms with Gasteiger partial charge in [-0.2, -0.15) is 5.26 Å². The first-order valence-corrected chi connectivity index (χ1v) is 13.8. The van der Waals surface area contributed by atoms with Gasteiger partial charge in [0.05, 0.1) is 23.9 Å². The zero-order valence-corrected chi connectivity index (χ0v) is 21.3. The molecule has 1 fully saturated rings. The number of hydrogen-bond acceptors (Lipinski definition) is 7. The van der Waals surface area contributed by atoms with Gasteiger partial charge in [0.2, 0.25) is 5.96 Å². The van der Waals surface area contributed by atoms with Crippen molar-refractivity contribution < 1.29 is 9.30 Å². The number of aliphatic imine (C=N–C) groups is 1. The molecule has 1 aliphatic heterocycles. The lowest BCUT2D eigenvalue weighted by molar-refractivity contribution is 0.305. The van der Waals surface area contributed by atoms with E-state index in [1.807, 2.05) is 6.92 Å². The topological polar surface area (TPSA) is 114 Å². The van der Waals surface area contributed by atoms with Crippen LogP contribution >= 0.6 is 7.14 Å². The molecule has 1 unspecified atom stereocenters. The zero-order chi connectivity index (χ0) is 25.1. The minimum Gasteiger partial charge on any atom is -0.495 e. The van der Waals surface area contributed by atoms with Gasteiger partial charge in [0, 0.05) is 17.5 Å². The Morgan fingerprint density at radius 1 is 1.26 bits per heavy atom. The van der Waals surface area contributed by atoms with Crippen LogP contribution in [0.5, 0.6) is 5.75 Å². The first-order valence-electron chi connectivity index (χ1n) is 11.9. The summed E-state index contributed by atoms with van der Waals surface area (Å²) in [7, 11) is -1.33. The van der Waals surface area contributed by atoms with Crippen LogP contribution in [0, 0.1) is 11.3 Å². The Kier molecular flexibility index (Phi) is 7.20. The molecule has 0 bridgehead atoms. The molecule has 1 atom stereocenters. The molecule has 35 heavy (non-hydrogen) atoms. The number of ether oxygens (including phenoxy) is 1. The van der Waals surface area contributed by atoms with Gasteiger partial charge >= 0.3 is 0 Å². The van der Waals surface area contributed by atoms with Crippen molar-refractivity contribution in [1.29, 1.82) is 5.26 Å². The van der Waals surface area contributed by atoms with E-state index in [-0.39, 0.29) is 0 Å². The number of H-pyrrole nitrogens is 1. The quantitative estimate of drug-likeness (QED) is 0.298. The molecule has 1 aromatic heterocycles. The molecule has 2 aliphatic rings. The van der Waals surface area contributed by atoms with Crippen molar-refractivity contribution in [2.24, 2.45) is 4.99 Å². The summed E-state index contributed by atoms with van der Waals surface area (Å²) >= 11 is 0. The second-order valence-corrected chi connectivity index (χ2v) is 11.8. The van der Waals surface area contributed by atoms with E-state index in [0.717, 1.165) is 24.2 Å². The van der Waals surface area contributed by atoms with Crippen molar-refractivity contribution in [1.82, 2.24) is 10.3 Å². The molecule has 184 valence electrons. The molecule has 4 N–H and O–H groups in total. The first kappa shape index (κ1) is 24.8. The van der Waals surface area contributed by atoms with Crippen molar-refractivity contribution in [2.45, 2.75) is 57.2 Å². The first-order chi connectivity index (χ1) is 16.9. The van der Waals surface area contributed by atoms with Gasteiger partial charge in [-0.3, -0.25) is 5.32 Å². The van der Waals surface area contributed by atoms with Gasteiger partial charge in [-0.1, -0.05) is 38.8 Å². The average molecular weight is 493 g/mol. The summed E-state index contributed by atoms with van der Waals surface area (Å²) in [5, 5.41) is 20.7. The van der Waals surface area contributed by atoms with E-state index in [4.69, 9.17) is 9.73 Å². The van der Waals surface area contributed by atoms with E-state index in [1.165, 1.54) is 37.3 Å². The number of fused-ring (bicyclic) bond motifs is 1. The van der Waals surface area contributed by atoms with Crippen molar-refractivity contribution in [3.63, 3.8) is 0 Å². The van der Waals surface area contributed by atoms with Crippen LogP contribution in [0.15, 0.2) is 54.2 Å². The highest BCUT2D eigenvalue weighted by atomic mass is 31.2. The Morgan fingerprint density at radius 3 is 2.60 bits per heavy atom. The Balaban J connectivity index is 1.68. The maximum Gasteiger partial charge on any atom is 0.203 e. The summed E-state index contributed by atoms with van der Waals surface area (Å²) in [4.78, 5) is 8.19. The third-order valence-electron chi connectivity index (χ3n) is 6.79. The molecule has 1 saturated carbocycles. The van der Waals surface area contributed by atoms with Crippen LogP contribution in [0.3, 0.4) is 0 Å². The molecule has 0 radical (unpaired) electrons. The molecule has 8 nitrogen and oxygen atoms in total. The van der Waals surface area contributed by atoms with Gasteiger partial charge in [-0.05, 0) is 49.6 Å². The number of methoxy groups -OCH3 is 1. The normalized spacial score (nSPS) is 20.4. The monoisotopic (exact) mass is 492 g/mol. The Labute approximate surface area is 206 Å². The highest BCUT2D eigenvalue weighted by molar-refractivity contribution is 7.77. The van der Waals surface area contributed by atoms with Crippen LogP contribution < -0.4 is 26.0 Å². The van der Waals surface area contributed by atoms with Gasteiger partial charge in [0.25, 0.3) is 0 Å². The maximum atomic E-state index is 13.0. The van der Waals surface area contributed by atoms with Gasteiger partial charge in [0.1, 0.15) is 23.3 Å². The van der Waals surface area contributed by atoms with E-state index in [0.29, 0.717) is 34.3 Å². The summed E-state index contributed by atoms with van der Waals surface area (Å²) in [6.07, 6.45) is 8.78. The third kappa shape index (κ3) is 4.93. The minimum atomic E-state index is -2.90. The number of hydrogen-bond donors (Lipinski definition) is 4. The summed E-state index contributed by atoms with van der Waals surface area (Å²) in [5.74, 6) is 4.61. The van der Waals surface area contributed by atoms with Gasteiger partial charge < -0.3 is 24.9 Å². The zero-order valence-electron chi connectivity index (χ0n) is 20.4. The number of aromatic nitrogens is 1. The van der Waals surface area contributed by atoms with Crippen molar-refractivity contribution in [2.75, 3.05) is 17.7 Å². The number of rotatable bonds is 7. The number of benzene rings is 1. The van der Waals surface area contributed by atoms with Crippen LogP contribution in [0.2, 0.25) is 0 Å². The van der Waals surface area contributed by atoms with Crippen LogP contribution in [-0.2, 0) is 10.2 Å². The molecule has 0 saturated heterocycles. The summed E-state index contributed by atoms with van der Waals surface area (Å²) in [6.45, 7) is 9.41. The Hall–Kier alpha value is -3.27. The number of nitrogens with zero attached hydrogens (tertiary/aromatic N) is 2. The van der Waals surface area contributed by atoms with E-state index in [1.54, 1.807) is 31.5 Å². The second kappa shape index (κ2) is 10.2. The number of nitriles is 1. The van der Waals surface area contributed by atoms with E-state index >= 15 is 0 Å². The van der Waals surface area contributed by atoms with Gasteiger partial charge in [0.15, 0.2) is 7.14 Å². The number of nitrogens with one attached hydrogen (secondary N) is 4. The van der Waals surface area contributed by atoms with Crippen molar-refractivity contribution >= 4 is 29.9 Å². The maximum absolute atomic E-state index is 13.0. The van der Waals surface area contributed by atoms with E-state index < -0.39 is 12.8 Å². The molecule has 2 heterocycles. The molecule has 4 rings (SSSR count). The summed E-state index contributed by atoms with van der Waals surface area (Å²) < 4.78 is 18.6. The van der Waals surface area contributed by atoms with E-state index in [2.05, 4.69) is 40.2 Å². The molecule has 0 spiro atoms. The largest absolute Gasteiger partial charge is 0.495 e. The van der Waals surface area contributed by atoms with Gasteiger partial charge in [-0.15, -0.1) is 0 Å². The molecular formula is C26H33N6O2P. The fraction of sp³-hybridized carbons (Fsp3) is 0.385. The lowest BCUT2D eigenvalue weighted by atomic mass is 9.96. The number of guanidine groups is 1. The third-order valence-corrected chi connectivity index (χ3v) is 8.96. The van der Waals surface area contributed by atoms with Crippen molar-refractivity contribution in [3.05, 3.63) is 60.3 Å². The SMILES string of the molecule is C=CP(=O)(C=C)c1ccc(NC2=NC(C)(NC3CCCCCC3)c3c(C#N)c[nH]c3N2)c(OC)c1. The Morgan fingerprint density at radius 2 is 1.97 bits per heavy atom. The lowest BCUT2D eigenvalue weighted by Gasteiger charge is -2.36. The minimum absolute atomic E-state index is 0.320. The molecule has 0 amide bonds. The fourth-order valence-electron chi connectivity index (χ4n) is 4.94. The molecule has 2 aromatic rings. The van der Waals surface area contributed by atoms with Crippen LogP contribution in [0.1, 0.15) is 56.6 Å². The Bertz CT molecular complexity index is 1220. The predicted octanol–water partition coefficient (Wildman–Crippen LogP) is 5.55. The highest BCUT2D eigenvalue weighted by Crippen LogP contribution is 2.47. The summed E-state index contributed by atoms with van der Waals surface area (Å²) in [6, 6.07) is 7.92. The molecule has 1 aromatic carbocycles. The van der Waals surface area contributed by atoms with Crippen LogP contribution in [0.4, 0.5) is 11.5 Å². The second-order valence-electron chi connectivity index (χ2n) is 9.14. The smallest absolute Gasteiger partial charge is 0.203 e. The van der Waals surface area contributed by atoms with Crippen LogP contribution in [0.25, 0.3) is 0 Å². The lowest BCUT2D eigenvalue weighted by Crippen LogP contribution is -2.48. The predicted molar refractivity (Wildman–Crippen MR) is 143 cm³/mol. The number of anilines is 2. The number of aromatic amines is 1. The van der Waals surface area contributed by atoms with Crippen LogP contribution in [-0.4, -0.2) is 24.1 Å². The average Bonchev–Trinajstić information content (AvgIpc) is 3.13. The highest BCUT2D eigenvalue weighted by Gasteiger charge is 2.38. The molecule has 9 heteroatoms. The fourth-order valence-corrected chi connectivity index (χ4v) is 6.14. The standard InChI is InChI=1S/C26H33N6O2P/c1-5-35(33,6-2)20-13-14-21(22(15-20)34-4)29-25-30-24-23(18(16-27)17-28-24)26(3,32-25)31-19-11-9-7-8-10-12-19/h5-6,13-15,17,19,28,31H,1-2,7-12H2,3-4H3,(H2,29,30,32). The molecule has 1 aliphatic carbocycles. The molecular weight excluding hydrogens is 459 g/mol. The van der Waals surface area contributed by atoms with Crippen molar-refractivity contribution in [3.8, 4) is 11.8 Å². The summed E-state index contributed by atoms with van der Waals surface area (Å²) in [5.41, 5.74) is 1.24. The van der Waals surface area contributed by atoms with Gasteiger partial charge in [-0.25, -0.2) is 4.99 Å². The van der Waals surface area contributed by atoms with E-state index in [9.17, 15) is 9.83 Å².